The van der Waals surface area contributed by atoms with Crippen molar-refractivity contribution in [2.75, 3.05) is 6.54 Å². The Morgan fingerprint density at radius 3 is 2.69 bits per heavy atom. The Kier molecular flexibility index (Phi) is 4.12. The van der Waals surface area contributed by atoms with Gasteiger partial charge in [-0.15, -0.1) is 0 Å². The molecule has 2 N–H and O–H groups in total. The van der Waals surface area contributed by atoms with Gasteiger partial charge in [0.1, 0.15) is 12.2 Å². The quantitative estimate of drug-likeness (QED) is 0.885. The summed E-state index contributed by atoms with van der Waals surface area (Å²) in [5.74, 6) is -1.45. The number of aliphatic carboxylic acids is 1. The molecule has 0 fully saturated rings. The van der Waals surface area contributed by atoms with Gasteiger partial charge in [0.25, 0.3) is 5.91 Å². The Balaban J connectivity index is 2.86. The second-order valence-corrected chi connectivity index (χ2v) is 4.54. The summed E-state index contributed by atoms with van der Waals surface area (Å²) < 4.78 is 2.57. The summed E-state index contributed by atoms with van der Waals surface area (Å²) in [6.45, 7) is 3.51. The Hall–Kier alpha value is -1.30. The van der Waals surface area contributed by atoms with Crippen LogP contribution >= 0.6 is 15.9 Å². The Bertz CT molecular complexity index is 412. The first kappa shape index (κ1) is 12.8. The van der Waals surface area contributed by atoms with Gasteiger partial charge in [-0.1, -0.05) is 0 Å². The van der Waals surface area contributed by atoms with Crippen molar-refractivity contribution in [3.8, 4) is 0 Å². The SMILES string of the molecule is CC(C)n1cc(Br)cc1C(=O)NCC(=O)O. The molecule has 1 amide bonds. The van der Waals surface area contributed by atoms with Crippen LogP contribution in [0.2, 0.25) is 0 Å². The minimum atomic E-state index is -1.06. The summed E-state index contributed by atoms with van der Waals surface area (Å²) >= 11 is 3.28. The molecule has 0 aliphatic rings. The maximum absolute atomic E-state index is 11.7. The van der Waals surface area contributed by atoms with E-state index >= 15 is 0 Å². The predicted molar refractivity (Wildman–Crippen MR) is 62.5 cm³/mol. The van der Waals surface area contributed by atoms with Crippen LogP contribution < -0.4 is 5.32 Å². The summed E-state index contributed by atoms with van der Waals surface area (Å²) in [7, 11) is 0. The molecule has 6 heteroatoms. The third kappa shape index (κ3) is 3.10. The van der Waals surface area contributed by atoms with Gasteiger partial charge in [-0.25, -0.2) is 0 Å². The number of carboxylic acids is 1. The molecule has 1 aromatic rings. The molecule has 0 saturated heterocycles. The lowest BCUT2D eigenvalue weighted by molar-refractivity contribution is -0.135. The number of hydrogen-bond acceptors (Lipinski definition) is 2. The van der Waals surface area contributed by atoms with Gasteiger partial charge in [-0.2, -0.15) is 0 Å². The number of carbonyl (C=O) groups excluding carboxylic acids is 1. The minimum Gasteiger partial charge on any atom is -0.480 e. The highest BCUT2D eigenvalue weighted by Crippen LogP contribution is 2.19. The average Bonchev–Trinajstić information content (AvgIpc) is 2.56. The summed E-state index contributed by atoms with van der Waals surface area (Å²) in [6, 6.07) is 1.80. The van der Waals surface area contributed by atoms with Gasteiger partial charge < -0.3 is 15.0 Å². The summed E-state index contributed by atoms with van der Waals surface area (Å²) in [6.07, 6.45) is 1.79. The molecular weight excluding hydrogens is 276 g/mol. The fourth-order valence-electron chi connectivity index (χ4n) is 1.30. The van der Waals surface area contributed by atoms with Crippen LogP contribution in [-0.2, 0) is 4.79 Å². The molecule has 1 rings (SSSR count). The molecule has 0 aliphatic heterocycles. The molecule has 0 saturated carbocycles. The lowest BCUT2D eigenvalue weighted by Gasteiger charge is -2.11. The molecule has 1 aromatic heterocycles. The number of rotatable bonds is 4. The molecule has 88 valence electrons. The monoisotopic (exact) mass is 288 g/mol. The number of halogens is 1. The largest absolute Gasteiger partial charge is 0.480 e. The highest BCUT2D eigenvalue weighted by Gasteiger charge is 2.15. The molecule has 0 unspecified atom stereocenters. The molecule has 0 radical (unpaired) electrons. The maximum atomic E-state index is 11.7. The van der Waals surface area contributed by atoms with E-state index in [-0.39, 0.29) is 18.5 Å². The van der Waals surface area contributed by atoms with Gasteiger partial charge >= 0.3 is 5.97 Å². The number of amides is 1. The van der Waals surface area contributed by atoms with Crippen molar-refractivity contribution < 1.29 is 14.7 Å². The lowest BCUT2D eigenvalue weighted by Crippen LogP contribution is -2.31. The molecule has 5 nitrogen and oxygen atoms in total. The van der Waals surface area contributed by atoms with Gasteiger partial charge in [0, 0.05) is 16.7 Å². The third-order valence-corrected chi connectivity index (χ3v) is 2.44. The zero-order valence-corrected chi connectivity index (χ0v) is 10.6. The molecule has 0 aromatic carbocycles. The average molecular weight is 289 g/mol. The summed E-state index contributed by atoms with van der Waals surface area (Å²) in [5.41, 5.74) is 0.447. The molecule has 0 bridgehead atoms. The van der Waals surface area contributed by atoms with Crippen molar-refractivity contribution in [3.63, 3.8) is 0 Å². The van der Waals surface area contributed by atoms with Crippen LogP contribution in [-0.4, -0.2) is 28.1 Å². The van der Waals surface area contributed by atoms with Crippen molar-refractivity contribution in [1.82, 2.24) is 9.88 Å². The van der Waals surface area contributed by atoms with Crippen LogP contribution in [0.25, 0.3) is 0 Å². The number of carbonyl (C=O) groups is 2. The molecule has 16 heavy (non-hydrogen) atoms. The first-order chi connectivity index (χ1) is 7.41. The van der Waals surface area contributed by atoms with E-state index in [0.29, 0.717) is 5.69 Å². The number of carboxylic acid groups (broad SMARTS) is 1. The fourth-order valence-corrected chi connectivity index (χ4v) is 1.74. The van der Waals surface area contributed by atoms with E-state index in [1.54, 1.807) is 16.8 Å². The van der Waals surface area contributed by atoms with Crippen molar-refractivity contribution in [1.29, 1.82) is 0 Å². The predicted octanol–water partition coefficient (Wildman–Crippen LogP) is 1.65. The van der Waals surface area contributed by atoms with Crippen LogP contribution in [0.1, 0.15) is 30.4 Å². The van der Waals surface area contributed by atoms with E-state index in [9.17, 15) is 9.59 Å². The first-order valence-corrected chi connectivity index (χ1v) is 5.58. The zero-order valence-electron chi connectivity index (χ0n) is 9.03. The van der Waals surface area contributed by atoms with Crippen LogP contribution in [0.3, 0.4) is 0 Å². The number of nitrogens with zero attached hydrogens (tertiary/aromatic N) is 1. The molecular formula is C10H13BrN2O3. The molecule has 0 spiro atoms. The second kappa shape index (κ2) is 5.16. The van der Waals surface area contributed by atoms with Gasteiger partial charge in [0.05, 0.1) is 0 Å². The van der Waals surface area contributed by atoms with Gasteiger partial charge in [-0.05, 0) is 35.8 Å². The number of aromatic nitrogens is 1. The van der Waals surface area contributed by atoms with E-state index < -0.39 is 5.97 Å². The van der Waals surface area contributed by atoms with E-state index in [1.165, 1.54) is 0 Å². The highest BCUT2D eigenvalue weighted by atomic mass is 79.9. The van der Waals surface area contributed by atoms with E-state index in [4.69, 9.17) is 5.11 Å². The van der Waals surface area contributed by atoms with Crippen molar-refractivity contribution in [3.05, 3.63) is 22.4 Å². The van der Waals surface area contributed by atoms with Gasteiger partial charge in [0.15, 0.2) is 0 Å². The van der Waals surface area contributed by atoms with Crippen LogP contribution in [0.15, 0.2) is 16.7 Å². The first-order valence-electron chi connectivity index (χ1n) is 4.79. The molecule has 1 heterocycles. The van der Waals surface area contributed by atoms with E-state index in [1.807, 2.05) is 13.8 Å². The summed E-state index contributed by atoms with van der Waals surface area (Å²) in [5, 5.41) is 10.8. The van der Waals surface area contributed by atoms with E-state index in [2.05, 4.69) is 21.2 Å². The van der Waals surface area contributed by atoms with E-state index in [0.717, 1.165) is 4.47 Å². The fraction of sp³-hybridized carbons (Fsp3) is 0.400. The van der Waals surface area contributed by atoms with Crippen LogP contribution in [0.5, 0.6) is 0 Å². The molecule has 0 atom stereocenters. The van der Waals surface area contributed by atoms with Crippen molar-refractivity contribution in [2.45, 2.75) is 19.9 Å². The standard InChI is InChI=1S/C10H13BrN2O3/c1-6(2)13-5-7(11)3-8(13)10(16)12-4-9(14)15/h3,5-6H,4H2,1-2H3,(H,12,16)(H,14,15). The van der Waals surface area contributed by atoms with Gasteiger partial charge in [0.2, 0.25) is 0 Å². The van der Waals surface area contributed by atoms with Crippen LogP contribution in [0, 0.1) is 0 Å². The normalized spacial score (nSPS) is 10.5. The molecule has 0 aliphatic carbocycles. The maximum Gasteiger partial charge on any atom is 0.322 e. The van der Waals surface area contributed by atoms with Gasteiger partial charge in [-0.3, -0.25) is 9.59 Å². The Morgan fingerprint density at radius 2 is 2.19 bits per heavy atom. The van der Waals surface area contributed by atoms with Crippen LogP contribution in [0.4, 0.5) is 0 Å². The van der Waals surface area contributed by atoms with Crippen molar-refractivity contribution in [2.24, 2.45) is 0 Å². The number of nitrogens with one attached hydrogen (secondary N) is 1. The minimum absolute atomic E-state index is 0.136. The Labute approximate surface area is 102 Å². The number of hydrogen-bond donors (Lipinski definition) is 2. The second-order valence-electron chi connectivity index (χ2n) is 3.62. The summed E-state index contributed by atoms with van der Waals surface area (Å²) in [4.78, 5) is 22.0. The lowest BCUT2D eigenvalue weighted by atomic mass is 10.3. The smallest absolute Gasteiger partial charge is 0.322 e. The van der Waals surface area contributed by atoms with Crippen molar-refractivity contribution >= 4 is 27.8 Å². The topological polar surface area (TPSA) is 71.3 Å². The zero-order chi connectivity index (χ0) is 12.3. The Morgan fingerprint density at radius 1 is 1.56 bits per heavy atom. The highest BCUT2D eigenvalue weighted by molar-refractivity contribution is 9.10. The third-order valence-electron chi connectivity index (χ3n) is 2.00.